The molecule has 0 amide bonds. The summed E-state index contributed by atoms with van der Waals surface area (Å²) in [6, 6.07) is 0. The van der Waals surface area contributed by atoms with Gasteiger partial charge in [-0.1, -0.05) is 6.08 Å². The summed E-state index contributed by atoms with van der Waals surface area (Å²) in [7, 11) is 0. The fraction of sp³-hybridized carbons (Fsp3) is 0.846. The Labute approximate surface area is 106 Å². The maximum absolute atomic E-state index is 13.2. The van der Waals surface area contributed by atoms with Crippen molar-refractivity contribution in [3.05, 3.63) is 12.7 Å². The summed E-state index contributed by atoms with van der Waals surface area (Å²) in [6.45, 7) is 7.22. The van der Waals surface area contributed by atoms with Gasteiger partial charge in [0.1, 0.15) is 0 Å². The number of ether oxygens (including phenoxy) is 2. The molecule has 5 heteroatoms. The number of hydrogen-bond donors (Lipinski definition) is 0. The number of allylic oxidation sites excluding steroid dienone is 1. The highest BCUT2D eigenvalue weighted by atomic mass is 19.4. The Morgan fingerprint density at radius 2 is 1.94 bits per heavy atom. The van der Waals surface area contributed by atoms with Crippen LogP contribution in [0.1, 0.15) is 39.5 Å². The van der Waals surface area contributed by atoms with Crippen LogP contribution < -0.4 is 0 Å². The van der Waals surface area contributed by atoms with Crippen LogP contribution in [-0.2, 0) is 9.47 Å². The van der Waals surface area contributed by atoms with E-state index in [1.165, 1.54) is 6.92 Å². The van der Waals surface area contributed by atoms with Crippen molar-refractivity contribution in [2.45, 2.75) is 57.6 Å². The van der Waals surface area contributed by atoms with E-state index in [0.717, 1.165) is 0 Å². The number of rotatable bonds is 5. The van der Waals surface area contributed by atoms with E-state index in [9.17, 15) is 13.2 Å². The quantitative estimate of drug-likeness (QED) is 0.552. The molecule has 0 N–H and O–H groups in total. The molecule has 0 saturated heterocycles. The molecule has 0 spiro atoms. The van der Waals surface area contributed by atoms with E-state index >= 15 is 0 Å². The zero-order chi connectivity index (χ0) is 13.8. The minimum atomic E-state index is -4.36. The highest BCUT2D eigenvalue weighted by molar-refractivity contribution is 4.97. The van der Waals surface area contributed by atoms with Crippen LogP contribution in [0, 0.1) is 5.92 Å². The van der Waals surface area contributed by atoms with Gasteiger partial charge in [-0.05, 0) is 45.4 Å². The summed E-state index contributed by atoms with van der Waals surface area (Å²) in [6.07, 6.45) is -2.59. The first-order valence-electron chi connectivity index (χ1n) is 6.33. The van der Waals surface area contributed by atoms with E-state index in [-0.39, 0.29) is 18.8 Å². The predicted molar refractivity (Wildman–Crippen MR) is 63.1 cm³/mol. The second kappa shape index (κ2) is 6.06. The Hall–Kier alpha value is -0.550. The molecule has 0 aliphatic heterocycles. The third kappa shape index (κ3) is 3.48. The Morgan fingerprint density at radius 1 is 1.39 bits per heavy atom. The van der Waals surface area contributed by atoms with Gasteiger partial charge in [-0.2, -0.15) is 13.2 Å². The van der Waals surface area contributed by atoms with Crippen LogP contribution in [0.3, 0.4) is 0 Å². The van der Waals surface area contributed by atoms with Crippen molar-refractivity contribution in [2.24, 2.45) is 5.92 Å². The highest BCUT2D eigenvalue weighted by Crippen LogP contribution is 2.46. The molecule has 1 aliphatic carbocycles. The van der Waals surface area contributed by atoms with Gasteiger partial charge in [-0.15, -0.1) is 6.58 Å². The minimum Gasteiger partial charge on any atom is -0.353 e. The zero-order valence-corrected chi connectivity index (χ0v) is 10.9. The molecule has 0 heterocycles. The first-order valence-corrected chi connectivity index (χ1v) is 6.33. The molecule has 0 radical (unpaired) electrons. The molecule has 2 nitrogen and oxygen atoms in total. The van der Waals surface area contributed by atoms with Crippen molar-refractivity contribution >= 4 is 0 Å². The maximum atomic E-state index is 13.2. The molecule has 1 fully saturated rings. The highest BCUT2D eigenvalue weighted by Gasteiger charge is 2.57. The fourth-order valence-electron chi connectivity index (χ4n) is 2.40. The van der Waals surface area contributed by atoms with E-state index in [2.05, 4.69) is 6.58 Å². The van der Waals surface area contributed by atoms with Gasteiger partial charge in [0.25, 0.3) is 0 Å². The van der Waals surface area contributed by atoms with Crippen LogP contribution in [-0.4, -0.2) is 24.7 Å². The van der Waals surface area contributed by atoms with E-state index in [1.807, 2.05) is 0 Å². The van der Waals surface area contributed by atoms with Crippen molar-refractivity contribution in [1.82, 2.24) is 0 Å². The minimum absolute atomic E-state index is 0.0232. The van der Waals surface area contributed by atoms with Gasteiger partial charge in [-0.3, -0.25) is 0 Å². The summed E-state index contributed by atoms with van der Waals surface area (Å²) in [5, 5.41) is 0. The second-order valence-electron chi connectivity index (χ2n) is 4.71. The summed E-state index contributed by atoms with van der Waals surface area (Å²) in [5.74, 6) is 0.159. The average molecular weight is 266 g/mol. The first kappa shape index (κ1) is 15.5. The fourth-order valence-corrected chi connectivity index (χ4v) is 2.40. The normalized spacial score (nSPS) is 31.1. The van der Waals surface area contributed by atoms with Gasteiger partial charge in [0, 0.05) is 6.61 Å². The van der Waals surface area contributed by atoms with Crippen LogP contribution in [0.5, 0.6) is 0 Å². The molecule has 1 rings (SSSR count). The second-order valence-corrected chi connectivity index (χ2v) is 4.71. The Morgan fingerprint density at radius 3 is 2.33 bits per heavy atom. The molecular formula is C13H21F3O2. The topological polar surface area (TPSA) is 18.5 Å². The van der Waals surface area contributed by atoms with Crippen molar-refractivity contribution in [2.75, 3.05) is 6.61 Å². The lowest BCUT2D eigenvalue weighted by Crippen LogP contribution is -2.52. The molecule has 0 aromatic rings. The van der Waals surface area contributed by atoms with Crippen molar-refractivity contribution in [1.29, 1.82) is 0 Å². The van der Waals surface area contributed by atoms with Crippen LogP contribution in [0.15, 0.2) is 12.7 Å². The molecule has 1 saturated carbocycles. The third-order valence-corrected chi connectivity index (χ3v) is 3.48. The summed E-state index contributed by atoms with van der Waals surface area (Å²) in [4.78, 5) is 0. The zero-order valence-electron chi connectivity index (χ0n) is 10.9. The van der Waals surface area contributed by atoms with E-state index in [0.29, 0.717) is 19.4 Å². The molecule has 1 atom stereocenters. The Bertz CT molecular complexity index is 268. The van der Waals surface area contributed by atoms with Gasteiger partial charge >= 0.3 is 6.18 Å². The van der Waals surface area contributed by atoms with E-state index in [4.69, 9.17) is 9.47 Å². The molecule has 0 bridgehead atoms. The van der Waals surface area contributed by atoms with E-state index in [1.54, 1.807) is 13.0 Å². The molecule has 1 aliphatic rings. The lowest BCUT2D eigenvalue weighted by Gasteiger charge is -2.41. The van der Waals surface area contributed by atoms with Gasteiger partial charge in [-0.25, -0.2) is 0 Å². The predicted octanol–water partition coefficient (Wildman–Crippen LogP) is 4.06. The SMILES string of the molecule is C=CC1CCC(OC(C)OCC)(C(F)(F)F)CC1. The number of alkyl halides is 3. The van der Waals surface area contributed by atoms with Gasteiger partial charge in [0.2, 0.25) is 0 Å². The largest absolute Gasteiger partial charge is 0.417 e. The smallest absolute Gasteiger partial charge is 0.353 e. The van der Waals surface area contributed by atoms with Crippen LogP contribution in [0.4, 0.5) is 13.2 Å². The molecule has 1 unspecified atom stereocenters. The molecule has 0 aromatic heterocycles. The van der Waals surface area contributed by atoms with Crippen LogP contribution in [0.2, 0.25) is 0 Å². The number of halogens is 3. The molecule has 18 heavy (non-hydrogen) atoms. The monoisotopic (exact) mass is 266 g/mol. The third-order valence-electron chi connectivity index (χ3n) is 3.48. The van der Waals surface area contributed by atoms with Crippen molar-refractivity contribution in [3.8, 4) is 0 Å². The Kier molecular flexibility index (Phi) is 5.22. The maximum Gasteiger partial charge on any atom is 0.417 e. The average Bonchev–Trinajstić information content (AvgIpc) is 2.28. The first-order chi connectivity index (χ1) is 8.34. The van der Waals surface area contributed by atoms with Gasteiger partial charge in [0.05, 0.1) is 0 Å². The van der Waals surface area contributed by atoms with Crippen molar-refractivity contribution < 1.29 is 22.6 Å². The summed E-state index contributed by atoms with van der Waals surface area (Å²) in [5.41, 5.74) is -2.05. The lowest BCUT2D eigenvalue weighted by molar-refractivity contribution is -0.329. The number of hydrogen-bond acceptors (Lipinski definition) is 2. The lowest BCUT2D eigenvalue weighted by atomic mass is 9.78. The Balaban J connectivity index is 2.75. The molecule has 0 aromatic carbocycles. The van der Waals surface area contributed by atoms with Crippen molar-refractivity contribution in [3.63, 3.8) is 0 Å². The van der Waals surface area contributed by atoms with Gasteiger partial charge < -0.3 is 9.47 Å². The molecular weight excluding hydrogens is 245 g/mol. The summed E-state index contributed by atoms with van der Waals surface area (Å²) >= 11 is 0. The van der Waals surface area contributed by atoms with Crippen LogP contribution >= 0.6 is 0 Å². The van der Waals surface area contributed by atoms with E-state index < -0.39 is 18.1 Å². The van der Waals surface area contributed by atoms with Crippen LogP contribution in [0.25, 0.3) is 0 Å². The van der Waals surface area contributed by atoms with Gasteiger partial charge in [0.15, 0.2) is 11.9 Å². The molecule has 106 valence electrons. The summed E-state index contributed by atoms with van der Waals surface area (Å²) < 4.78 is 49.9. The standard InChI is InChI=1S/C13H21F3O2/c1-4-11-6-8-12(9-7-11,13(14,15)16)18-10(3)17-5-2/h4,10-11H,1,5-9H2,2-3H3.